The van der Waals surface area contributed by atoms with Crippen molar-refractivity contribution in [3.8, 4) is 11.8 Å². The van der Waals surface area contributed by atoms with Gasteiger partial charge in [0.1, 0.15) is 11.8 Å². The smallest absolute Gasteiger partial charge is 0.255 e. The molecule has 0 saturated carbocycles. The van der Waals surface area contributed by atoms with Gasteiger partial charge in [-0.3, -0.25) is 4.79 Å². The molecule has 0 heterocycles. The van der Waals surface area contributed by atoms with Gasteiger partial charge in [0.15, 0.2) is 6.61 Å². The third-order valence-electron chi connectivity index (χ3n) is 2.58. The molecule has 0 saturated heterocycles. The number of ether oxygens (including phenoxy) is 1. The lowest BCUT2D eigenvalue weighted by molar-refractivity contribution is 0.102. The lowest BCUT2D eigenvalue weighted by Gasteiger charge is -2.08. The van der Waals surface area contributed by atoms with E-state index in [2.05, 4.69) is 21.2 Å². The van der Waals surface area contributed by atoms with E-state index in [0.29, 0.717) is 22.0 Å². The average molecular weight is 366 g/mol. The van der Waals surface area contributed by atoms with Crippen LogP contribution >= 0.6 is 27.5 Å². The fourth-order valence-electron chi connectivity index (χ4n) is 1.62. The van der Waals surface area contributed by atoms with Gasteiger partial charge in [0, 0.05) is 21.8 Å². The maximum Gasteiger partial charge on any atom is 0.255 e. The molecule has 0 fully saturated rings. The van der Waals surface area contributed by atoms with E-state index in [4.69, 9.17) is 21.6 Å². The molecule has 2 rings (SSSR count). The molecule has 0 aromatic heterocycles. The first-order valence-corrected chi connectivity index (χ1v) is 7.13. The Kier molecular flexibility index (Phi) is 5.20. The molecule has 106 valence electrons. The SMILES string of the molecule is N#CCOc1cccc(NC(=O)c2ccc(Br)c(Cl)c2)c1. The lowest BCUT2D eigenvalue weighted by atomic mass is 10.2. The molecule has 6 heteroatoms. The summed E-state index contributed by atoms with van der Waals surface area (Å²) in [5, 5.41) is 11.7. The standard InChI is InChI=1S/C15H10BrClN2O2/c16-13-5-4-10(8-14(13)17)15(20)19-11-2-1-3-12(9-11)21-7-6-18/h1-5,8-9H,7H2,(H,19,20). The number of nitrogens with one attached hydrogen (secondary N) is 1. The number of carbonyl (C=O) groups excluding carboxylic acids is 1. The molecular formula is C15H10BrClN2O2. The largest absolute Gasteiger partial charge is 0.479 e. The Hall–Kier alpha value is -2.03. The number of benzene rings is 2. The van der Waals surface area contributed by atoms with E-state index in [-0.39, 0.29) is 12.5 Å². The van der Waals surface area contributed by atoms with Crippen molar-refractivity contribution in [2.45, 2.75) is 0 Å². The summed E-state index contributed by atoms with van der Waals surface area (Å²) in [6.07, 6.45) is 0. The van der Waals surface area contributed by atoms with Crippen LogP contribution in [-0.4, -0.2) is 12.5 Å². The molecule has 0 unspecified atom stereocenters. The van der Waals surface area contributed by atoms with E-state index < -0.39 is 0 Å². The van der Waals surface area contributed by atoms with Crippen LogP contribution in [0, 0.1) is 11.3 Å². The number of nitrogens with zero attached hydrogens (tertiary/aromatic N) is 1. The number of amides is 1. The van der Waals surface area contributed by atoms with Crippen molar-refractivity contribution >= 4 is 39.1 Å². The van der Waals surface area contributed by atoms with Crippen molar-refractivity contribution < 1.29 is 9.53 Å². The van der Waals surface area contributed by atoms with Crippen LogP contribution in [0.25, 0.3) is 0 Å². The zero-order valence-corrected chi connectivity index (χ0v) is 13.1. The molecule has 21 heavy (non-hydrogen) atoms. The van der Waals surface area contributed by atoms with Crippen molar-refractivity contribution in [3.05, 3.63) is 57.5 Å². The first-order valence-electron chi connectivity index (χ1n) is 5.96. The molecule has 0 radical (unpaired) electrons. The fourth-order valence-corrected chi connectivity index (χ4v) is 2.05. The lowest BCUT2D eigenvalue weighted by Crippen LogP contribution is -2.11. The van der Waals surface area contributed by atoms with E-state index in [9.17, 15) is 4.79 Å². The highest BCUT2D eigenvalue weighted by atomic mass is 79.9. The monoisotopic (exact) mass is 364 g/mol. The molecule has 0 spiro atoms. The Morgan fingerprint density at radius 2 is 2.14 bits per heavy atom. The van der Waals surface area contributed by atoms with Gasteiger partial charge in [-0.2, -0.15) is 5.26 Å². The van der Waals surface area contributed by atoms with Crippen LogP contribution in [-0.2, 0) is 0 Å². The summed E-state index contributed by atoms with van der Waals surface area (Å²) in [7, 11) is 0. The van der Waals surface area contributed by atoms with Gasteiger partial charge >= 0.3 is 0 Å². The van der Waals surface area contributed by atoms with E-state index >= 15 is 0 Å². The predicted molar refractivity (Wildman–Crippen MR) is 84.7 cm³/mol. The van der Waals surface area contributed by atoms with Crippen LogP contribution in [0.4, 0.5) is 5.69 Å². The molecule has 2 aromatic rings. The number of carbonyl (C=O) groups is 1. The minimum atomic E-state index is -0.276. The Morgan fingerprint density at radius 3 is 2.86 bits per heavy atom. The molecule has 1 N–H and O–H groups in total. The number of rotatable bonds is 4. The Morgan fingerprint density at radius 1 is 1.33 bits per heavy atom. The number of hydrogen-bond acceptors (Lipinski definition) is 3. The van der Waals surface area contributed by atoms with Crippen molar-refractivity contribution in [1.29, 1.82) is 5.26 Å². The predicted octanol–water partition coefficient (Wildman–Crippen LogP) is 4.26. The summed E-state index contributed by atoms with van der Waals surface area (Å²) >= 11 is 9.24. The van der Waals surface area contributed by atoms with E-state index in [1.165, 1.54) is 0 Å². The summed E-state index contributed by atoms with van der Waals surface area (Å²) < 4.78 is 5.91. The van der Waals surface area contributed by atoms with Crippen LogP contribution in [0.1, 0.15) is 10.4 Å². The van der Waals surface area contributed by atoms with Gasteiger partial charge in [-0.25, -0.2) is 0 Å². The van der Waals surface area contributed by atoms with Gasteiger partial charge in [-0.05, 0) is 46.3 Å². The topological polar surface area (TPSA) is 62.1 Å². The molecular weight excluding hydrogens is 356 g/mol. The van der Waals surface area contributed by atoms with Crippen molar-refractivity contribution in [2.75, 3.05) is 11.9 Å². The fraction of sp³-hybridized carbons (Fsp3) is 0.0667. The minimum absolute atomic E-state index is 0.0419. The number of anilines is 1. The summed E-state index contributed by atoms with van der Waals surface area (Å²) in [5.41, 5.74) is 1.03. The average Bonchev–Trinajstić information content (AvgIpc) is 2.48. The van der Waals surface area contributed by atoms with Crippen LogP contribution in [0.5, 0.6) is 5.75 Å². The quantitative estimate of drug-likeness (QED) is 0.880. The van der Waals surface area contributed by atoms with Gasteiger partial charge in [0.05, 0.1) is 5.02 Å². The third kappa shape index (κ3) is 4.22. The summed E-state index contributed by atoms with van der Waals surface area (Å²) in [6, 6.07) is 13.7. The van der Waals surface area contributed by atoms with Crippen LogP contribution in [0.3, 0.4) is 0 Å². The zero-order chi connectivity index (χ0) is 15.2. The molecule has 2 aromatic carbocycles. The Balaban J connectivity index is 2.12. The van der Waals surface area contributed by atoms with E-state index in [1.807, 2.05) is 6.07 Å². The first kappa shape index (κ1) is 15.4. The van der Waals surface area contributed by atoms with Crippen LogP contribution in [0.2, 0.25) is 5.02 Å². The highest BCUT2D eigenvalue weighted by molar-refractivity contribution is 9.10. The van der Waals surface area contributed by atoms with Gasteiger partial charge in [-0.1, -0.05) is 17.7 Å². The van der Waals surface area contributed by atoms with Crippen molar-refractivity contribution in [3.63, 3.8) is 0 Å². The minimum Gasteiger partial charge on any atom is -0.479 e. The van der Waals surface area contributed by atoms with Gasteiger partial charge in [-0.15, -0.1) is 0 Å². The molecule has 0 aliphatic rings. The molecule has 0 aliphatic carbocycles. The summed E-state index contributed by atoms with van der Waals surface area (Å²) in [6.45, 7) is -0.0419. The second kappa shape index (κ2) is 7.11. The Bertz CT molecular complexity index is 713. The molecule has 0 bridgehead atoms. The summed E-state index contributed by atoms with van der Waals surface area (Å²) in [5.74, 6) is 0.241. The first-order chi connectivity index (χ1) is 10.1. The zero-order valence-electron chi connectivity index (χ0n) is 10.8. The van der Waals surface area contributed by atoms with E-state index in [1.54, 1.807) is 42.5 Å². The maximum atomic E-state index is 12.1. The molecule has 0 atom stereocenters. The Labute approximate surface area is 135 Å². The molecule has 0 aliphatic heterocycles. The maximum absolute atomic E-state index is 12.1. The second-order valence-electron chi connectivity index (χ2n) is 4.06. The second-order valence-corrected chi connectivity index (χ2v) is 5.32. The van der Waals surface area contributed by atoms with Crippen LogP contribution in [0.15, 0.2) is 46.9 Å². The van der Waals surface area contributed by atoms with Crippen molar-refractivity contribution in [2.24, 2.45) is 0 Å². The van der Waals surface area contributed by atoms with Gasteiger partial charge in [0.2, 0.25) is 0 Å². The number of halogens is 2. The highest BCUT2D eigenvalue weighted by Gasteiger charge is 2.08. The van der Waals surface area contributed by atoms with E-state index in [0.717, 1.165) is 4.47 Å². The van der Waals surface area contributed by atoms with Gasteiger partial charge in [0.25, 0.3) is 5.91 Å². The molecule has 4 nitrogen and oxygen atoms in total. The van der Waals surface area contributed by atoms with Crippen LogP contribution < -0.4 is 10.1 Å². The highest BCUT2D eigenvalue weighted by Crippen LogP contribution is 2.24. The summed E-state index contributed by atoms with van der Waals surface area (Å²) in [4.78, 5) is 12.1. The van der Waals surface area contributed by atoms with Crippen molar-refractivity contribution in [1.82, 2.24) is 0 Å². The number of nitriles is 1. The normalized spacial score (nSPS) is 9.76. The van der Waals surface area contributed by atoms with Gasteiger partial charge < -0.3 is 10.1 Å². The molecule has 1 amide bonds. The third-order valence-corrected chi connectivity index (χ3v) is 3.81. The number of hydrogen-bond donors (Lipinski definition) is 1.